The molecule has 0 bridgehead atoms. The first-order valence-electron chi connectivity index (χ1n) is 5.28. The molecule has 0 aromatic carbocycles. The summed E-state index contributed by atoms with van der Waals surface area (Å²) in [6, 6.07) is 2.63. The van der Waals surface area contributed by atoms with Crippen LogP contribution in [0.3, 0.4) is 0 Å². The molecule has 0 aliphatic heterocycles. The van der Waals surface area contributed by atoms with E-state index < -0.39 is 0 Å². The Morgan fingerprint density at radius 2 is 2.43 bits per heavy atom. The molecule has 2 unspecified atom stereocenters. The van der Waals surface area contributed by atoms with Crippen molar-refractivity contribution < 1.29 is 0 Å². The van der Waals surface area contributed by atoms with Crippen LogP contribution in [0.5, 0.6) is 0 Å². The van der Waals surface area contributed by atoms with Gasteiger partial charge in [0.2, 0.25) is 0 Å². The van der Waals surface area contributed by atoms with Crippen LogP contribution in [0, 0.1) is 11.8 Å². The Labute approximate surface area is 89.5 Å². The lowest BCUT2D eigenvalue weighted by Crippen LogP contribution is -2.42. The lowest BCUT2D eigenvalue weighted by molar-refractivity contribution is 0.344. The lowest BCUT2D eigenvalue weighted by Gasteiger charge is -2.22. The Hall–Kier alpha value is -0.380. The topological polar surface area (TPSA) is 38.0 Å². The van der Waals surface area contributed by atoms with Gasteiger partial charge in [0.05, 0.1) is 0 Å². The summed E-state index contributed by atoms with van der Waals surface area (Å²) in [4.78, 5) is 0. The van der Waals surface area contributed by atoms with Crippen molar-refractivity contribution in [2.75, 3.05) is 0 Å². The summed E-state index contributed by atoms with van der Waals surface area (Å²) in [5.41, 5.74) is 4.37. The molecule has 1 fully saturated rings. The summed E-state index contributed by atoms with van der Waals surface area (Å²) in [5.74, 6) is 7.23. The van der Waals surface area contributed by atoms with Gasteiger partial charge in [-0.15, -0.1) is 0 Å². The minimum atomic E-state index is 0.442. The minimum absolute atomic E-state index is 0.442. The fourth-order valence-corrected chi connectivity index (χ4v) is 2.69. The highest BCUT2D eigenvalue weighted by Crippen LogP contribution is 2.38. The highest BCUT2D eigenvalue weighted by Gasteiger charge is 2.32. The summed E-state index contributed by atoms with van der Waals surface area (Å²) in [7, 11) is 0. The van der Waals surface area contributed by atoms with Crippen LogP contribution in [-0.4, -0.2) is 6.04 Å². The summed E-state index contributed by atoms with van der Waals surface area (Å²) < 4.78 is 0. The van der Waals surface area contributed by atoms with E-state index in [0.717, 1.165) is 12.3 Å². The quantitative estimate of drug-likeness (QED) is 0.577. The molecule has 0 amide bonds. The van der Waals surface area contributed by atoms with Crippen LogP contribution in [0.15, 0.2) is 16.8 Å². The third kappa shape index (κ3) is 2.35. The number of hydrogen-bond acceptors (Lipinski definition) is 3. The summed E-state index contributed by atoms with van der Waals surface area (Å²) in [5, 5.41) is 4.34. The van der Waals surface area contributed by atoms with Crippen LogP contribution in [0.25, 0.3) is 0 Å². The first kappa shape index (κ1) is 10.1. The molecule has 2 atom stereocenters. The second kappa shape index (κ2) is 4.43. The molecule has 3 N–H and O–H groups in total. The number of nitrogens with one attached hydrogen (secondary N) is 1. The van der Waals surface area contributed by atoms with Gasteiger partial charge in [0, 0.05) is 6.04 Å². The summed E-state index contributed by atoms with van der Waals surface area (Å²) >= 11 is 1.76. The smallest absolute Gasteiger partial charge is 0.0279 e. The molecule has 78 valence electrons. The normalized spacial score (nSPS) is 20.7. The molecule has 1 aromatic heterocycles. The number of hydrogen-bond donors (Lipinski definition) is 2. The molecule has 3 heteroatoms. The van der Waals surface area contributed by atoms with E-state index in [-0.39, 0.29) is 0 Å². The number of hydrazine groups is 1. The zero-order valence-electron chi connectivity index (χ0n) is 8.57. The predicted octanol–water partition coefficient (Wildman–Crippen LogP) is 2.17. The molecule has 1 aromatic rings. The van der Waals surface area contributed by atoms with Crippen LogP contribution in [0.4, 0.5) is 0 Å². The van der Waals surface area contributed by atoms with Crippen LogP contribution < -0.4 is 11.3 Å². The van der Waals surface area contributed by atoms with Gasteiger partial charge in [-0.1, -0.05) is 6.92 Å². The maximum Gasteiger partial charge on any atom is 0.0279 e. The average molecular weight is 210 g/mol. The van der Waals surface area contributed by atoms with Gasteiger partial charge in [-0.3, -0.25) is 11.3 Å². The molecular weight excluding hydrogens is 192 g/mol. The summed E-state index contributed by atoms with van der Waals surface area (Å²) in [6.07, 6.45) is 3.85. The molecule has 1 heterocycles. The fourth-order valence-electron chi connectivity index (χ4n) is 2.01. The molecule has 1 saturated carbocycles. The van der Waals surface area contributed by atoms with Crippen molar-refractivity contribution in [2.24, 2.45) is 17.7 Å². The molecule has 2 rings (SSSR count). The van der Waals surface area contributed by atoms with Gasteiger partial charge >= 0.3 is 0 Å². The monoisotopic (exact) mass is 210 g/mol. The van der Waals surface area contributed by atoms with E-state index in [1.165, 1.54) is 18.4 Å². The van der Waals surface area contributed by atoms with Crippen molar-refractivity contribution in [2.45, 2.75) is 32.2 Å². The van der Waals surface area contributed by atoms with Gasteiger partial charge in [0.1, 0.15) is 0 Å². The third-order valence-electron chi connectivity index (χ3n) is 3.25. The fraction of sp³-hybridized carbons (Fsp3) is 0.636. The Kier molecular flexibility index (Phi) is 3.21. The SMILES string of the molecule is CC(C1CC1)C(Cc1ccsc1)NN. The van der Waals surface area contributed by atoms with Crippen molar-refractivity contribution in [1.29, 1.82) is 0 Å². The maximum absolute atomic E-state index is 5.61. The van der Waals surface area contributed by atoms with E-state index >= 15 is 0 Å². The molecule has 1 aliphatic rings. The van der Waals surface area contributed by atoms with Gasteiger partial charge in [-0.25, -0.2) is 0 Å². The van der Waals surface area contributed by atoms with E-state index in [4.69, 9.17) is 5.84 Å². The number of rotatable bonds is 5. The minimum Gasteiger partial charge on any atom is -0.271 e. The van der Waals surface area contributed by atoms with E-state index in [1.807, 2.05) is 0 Å². The van der Waals surface area contributed by atoms with Crippen molar-refractivity contribution in [1.82, 2.24) is 5.43 Å². The zero-order chi connectivity index (χ0) is 9.97. The van der Waals surface area contributed by atoms with Gasteiger partial charge in [0.15, 0.2) is 0 Å². The Morgan fingerprint density at radius 3 is 2.93 bits per heavy atom. The van der Waals surface area contributed by atoms with Gasteiger partial charge in [-0.05, 0) is 53.5 Å². The number of thiophene rings is 1. The largest absolute Gasteiger partial charge is 0.271 e. The van der Waals surface area contributed by atoms with Crippen molar-refractivity contribution in [3.05, 3.63) is 22.4 Å². The maximum atomic E-state index is 5.61. The van der Waals surface area contributed by atoms with Crippen LogP contribution in [-0.2, 0) is 6.42 Å². The van der Waals surface area contributed by atoms with E-state index in [2.05, 4.69) is 29.2 Å². The lowest BCUT2D eigenvalue weighted by atomic mass is 9.93. The van der Waals surface area contributed by atoms with Gasteiger partial charge in [-0.2, -0.15) is 11.3 Å². The van der Waals surface area contributed by atoms with E-state index in [0.29, 0.717) is 12.0 Å². The summed E-state index contributed by atoms with van der Waals surface area (Å²) in [6.45, 7) is 2.31. The van der Waals surface area contributed by atoms with Crippen LogP contribution >= 0.6 is 11.3 Å². The van der Waals surface area contributed by atoms with Crippen molar-refractivity contribution in [3.8, 4) is 0 Å². The molecule has 0 radical (unpaired) electrons. The second-order valence-corrected chi connectivity index (χ2v) is 5.09. The molecule has 14 heavy (non-hydrogen) atoms. The molecular formula is C11H18N2S. The first-order valence-corrected chi connectivity index (χ1v) is 6.22. The van der Waals surface area contributed by atoms with Crippen molar-refractivity contribution >= 4 is 11.3 Å². The highest BCUT2D eigenvalue weighted by atomic mass is 32.1. The Morgan fingerprint density at radius 1 is 1.64 bits per heavy atom. The molecule has 2 nitrogen and oxygen atoms in total. The molecule has 1 aliphatic carbocycles. The van der Waals surface area contributed by atoms with Crippen LogP contribution in [0.1, 0.15) is 25.3 Å². The predicted molar refractivity (Wildman–Crippen MR) is 61.0 cm³/mol. The third-order valence-corrected chi connectivity index (χ3v) is 3.98. The first-order chi connectivity index (χ1) is 6.81. The zero-order valence-corrected chi connectivity index (χ0v) is 9.39. The average Bonchev–Trinajstić information content (AvgIpc) is 2.93. The van der Waals surface area contributed by atoms with E-state index in [9.17, 15) is 0 Å². The Balaban J connectivity index is 1.92. The number of nitrogens with two attached hydrogens (primary N) is 1. The standard InChI is InChI=1S/C11H18N2S/c1-8(10-2-3-10)11(13-12)6-9-4-5-14-7-9/h4-5,7-8,10-11,13H,2-3,6,12H2,1H3. The second-order valence-electron chi connectivity index (χ2n) is 4.31. The molecule has 0 spiro atoms. The van der Waals surface area contributed by atoms with E-state index in [1.54, 1.807) is 11.3 Å². The Bertz CT molecular complexity index is 267. The highest BCUT2D eigenvalue weighted by molar-refractivity contribution is 7.07. The molecule has 0 saturated heterocycles. The van der Waals surface area contributed by atoms with Crippen LogP contribution in [0.2, 0.25) is 0 Å². The van der Waals surface area contributed by atoms with Crippen molar-refractivity contribution in [3.63, 3.8) is 0 Å². The van der Waals surface area contributed by atoms with Gasteiger partial charge in [0.25, 0.3) is 0 Å². The van der Waals surface area contributed by atoms with Gasteiger partial charge < -0.3 is 0 Å².